The molecule has 108 valence electrons. The molecule has 1 aliphatic rings. The molecule has 0 amide bonds. The zero-order valence-corrected chi connectivity index (χ0v) is 11.4. The summed E-state index contributed by atoms with van der Waals surface area (Å²) in [6, 6.07) is 5.83. The second-order valence-corrected chi connectivity index (χ2v) is 5.38. The maximum absolute atomic E-state index is 11.3. The molecule has 1 saturated heterocycles. The minimum absolute atomic E-state index is 0.0517. The number of aliphatic carboxylic acids is 1. The fourth-order valence-electron chi connectivity index (χ4n) is 2.59. The van der Waals surface area contributed by atoms with E-state index >= 15 is 0 Å². The highest BCUT2D eigenvalue weighted by atomic mass is 16.6. The molecule has 0 spiro atoms. The van der Waals surface area contributed by atoms with Crippen LogP contribution in [0.4, 0.5) is 5.69 Å². The van der Waals surface area contributed by atoms with E-state index in [2.05, 4.69) is 6.92 Å². The number of likely N-dealkylation sites (tertiary alicyclic amines) is 1. The normalized spacial score (nSPS) is 23.4. The lowest BCUT2D eigenvalue weighted by atomic mass is 9.92. The highest BCUT2D eigenvalue weighted by Crippen LogP contribution is 2.24. The second kappa shape index (κ2) is 6.00. The molecule has 1 N–H and O–H groups in total. The van der Waals surface area contributed by atoms with Crippen molar-refractivity contribution in [3.63, 3.8) is 0 Å². The number of carboxylic acids is 1. The summed E-state index contributed by atoms with van der Waals surface area (Å²) in [5, 5.41) is 19.9. The van der Waals surface area contributed by atoms with Gasteiger partial charge in [0.05, 0.1) is 4.92 Å². The van der Waals surface area contributed by atoms with Crippen LogP contribution in [0.5, 0.6) is 0 Å². The number of nitro groups is 1. The summed E-state index contributed by atoms with van der Waals surface area (Å²) < 4.78 is 0. The quantitative estimate of drug-likeness (QED) is 0.674. The summed E-state index contributed by atoms with van der Waals surface area (Å²) in [5.41, 5.74) is 0.951. The minimum atomic E-state index is -0.793. The summed E-state index contributed by atoms with van der Waals surface area (Å²) in [6.07, 6.45) is 1.64. The Kier molecular flexibility index (Phi) is 4.34. The zero-order chi connectivity index (χ0) is 14.7. The van der Waals surface area contributed by atoms with Gasteiger partial charge in [0.2, 0.25) is 0 Å². The molecule has 1 fully saturated rings. The first-order valence-corrected chi connectivity index (χ1v) is 6.67. The van der Waals surface area contributed by atoms with Crippen LogP contribution in [-0.2, 0) is 11.3 Å². The van der Waals surface area contributed by atoms with Gasteiger partial charge in [-0.05, 0) is 30.9 Å². The second-order valence-electron chi connectivity index (χ2n) is 5.38. The molecular formula is C14H18N2O4. The van der Waals surface area contributed by atoms with Crippen LogP contribution in [0, 0.1) is 16.0 Å². The van der Waals surface area contributed by atoms with Crippen LogP contribution in [-0.4, -0.2) is 33.5 Å². The van der Waals surface area contributed by atoms with Crippen molar-refractivity contribution >= 4 is 11.7 Å². The third-order valence-corrected chi connectivity index (χ3v) is 3.79. The first kappa shape index (κ1) is 14.5. The van der Waals surface area contributed by atoms with E-state index in [0.29, 0.717) is 18.9 Å². The van der Waals surface area contributed by atoms with Gasteiger partial charge in [0.1, 0.15) is 6.04 Å². The van der Waals surface area contributed by atoms with Crippen molar-refractivity contribution in [2.75, 3.05) is 6.54 Å². The SMILES string of the molecule is CC1CCN(Cc2ccc([N+](=O)[O-])cc2)C(C(=O)O)C1. The van der Waals surface area contributed by atoms with Crippen molar-refractivity contribution in [1.82, 2.24) is 4.90 Å². The number of nitrogens with zero attached hydrogens (tertiary/aromatic N) is 2. The average Bonchev–Trinajstić information content (AvgIpc) is 2.41. The molecule has 0 bridgehead atoms. The van der Waals surface area contributed by atoms with E-state index in [1.807, 2.05) is 4.90 Å². The number of carbonyl (C=O) groups is 1. The average molecular weight is 278 g/mol. The monoisotopic (exact) mass is 278 g/mol. The number of hydrogen-bond acceptors (Lipinski definition) is 4. The van der Waals surface area contributed by atoms with Crippen LogP contribution in [0.3, 0.4) is 0 Å². The Labute approximate surface area is 117 Å². The summed E-state index contributed by atoms with van der Waals surface area (Å²) >= 11 is 0. The summed E-state index contributed by atoms with van der Waals surface area (Å²) in [7, 11) is 0. The Morgan fingerprint density at radius 2 is 2.10 bits per heavy atom. The van der Waals surface area contributed by atoms with Crippen LogP contribution in [0.2, 0.25) is 0 Å². The molecular weight excluding hydrogens is 260 g/mol. The number of piperidine rings is 1. The molecule has 6 nitrogen and oxygen atoms in total. The Bertz CT molecular complexity index is 500. The Balaban J connectivity index is 2.07. The molecule has 20 heavy (non-hydrogen) atoms. The van der Waals surface area contributed by atoms with Crippen molar-refractivity contribution in [3.8, 4) is 0 Å². The van der Waals surface area contributed by atoms with Crippen LogP contribution < -0.4 is 0 Å². The molecule has 1 aromatic rings. The molecule has 2 rings (SSSR count). The van der Waals surface area contributed by atoms with E-state index in [4.69, 9.17) is 0 Å². The molecule has 6 heteroatoms. The largest absolute Gasteiger partial charge is 0.480 e. The molecule has 2 unspecified atom stereocenters. The highest BCUT2D eigenvalue weighted by Gasteiger charge is 2.31. The Morgan fingerprint density at radius 3 is 2.65 bits per heavy atom. The smallest absolute Gasteiger partial charge is 0.320 e. The van der Waals surface area contributed by atoms with Gasteiger partial charge in [0, 0.05) is 18.7 Å². The summed E-state index contributed by atoms with van der Waals surface area (Å²) in [6.45, 7) is 3.33. The first-order chi connectivity index (χ1) is 9.47. The topological polar surface area (TPSA) is 83.7 Å². The maximum atomic E-state index is 11.3. The fourth-order valence-corrected chi connectivity index (χ4v) is 2.59. The number of rotatable bonds is 4. The van der Waals surface area contributed by atoms with Gasteiger partial charge in [0.15, 0.2) is 0 Å². The molecule has 1 heterocycles. The van der Waals surface area contributed by atoms with E-state index in [0.717, 1.165) is 18.5 Å². The van der Waals surface area contributed by atoms with E-state index < -0.39 is 16.9 Å². The number of hydrogen-bond donors (Lipinski definition) is 1. The number of benzene rings is 1. The van der Waals surface area contributed by atoms with Crippen molar-refractivity contribution in [1.29, 1.82) is 0 Å². The third kappa shape index (κ3) is 3.33. The number of non-ortho nitro benzene ring substituents is 1. The molecule has 1 aromatic carbocycles. The van der Waals surface area contributed by atoms with Gasteiger partial charge < -0.3 is 5.11 Å². The summed E-state index contributed by atoms with van der Waals surface area (Å²) in [4.78, 5) is 23.4. The highest BCUT2D eigenvalue weighted by molar-refractivity contribution is 5.73. The van der Waals surface area contributed by atoms with Crippen LogP contribution >= 0.6 is 0 Å². The number of carboxylic acid groups (broad SMARTS) is 1. The van der Waals surface area contributed by atoms with Crippen LogP contribution in [0.15, 0.2) is 24.3 Å². The number of nitro benzene ring substituents is 1. The zero-order valence-electron chi connectivity index (χ0n) is 11.4. The molecule has 0 saturated carbocycles. The molecule has 2 atom stereocenters. The lowest BCUT2D eigenvalue weighted by molar-refractivity contribution is -0.384. The van der Waals surface area contributed by atoms with E-state index in [9.17, 15) is 20.0 Å². The van der Waals surface area contributed by atoms with E-state index in [-0.39, 0.29) is 5.69 Å². The van der Waals surface area contributed by atoms with Crippen molar-refractivity contribution in [2.24, 2.45) is 5.92 Å². The molecule has 0 radical (unpaired) electrons. The molecule has 0 aliphatic carbocycles. The Morgan fingerprint density at radius 1 is 1.45 bits per heavy atom. The maximum Gasteiger partial charge on any atom is 0.320 e. The van der Waals surface area contributed by atoms with Gasteiger partial charge in [-0.1, -0.05) is 19.1 Å². The molecule has 0 aromatic heterocycles. The summed E-state index contributed by atoms with van der Waals surface area (Å²) in [5.74, 6) is -0.373. The fraction of sp³-hybridized carbons (Fsp3) is 0.500. The standard InChI is InChI=1S/C14H18N2O4/c1-10-6-7-15(13(8-10)14(17)18)9-11-2-4-12(5-3-11)16(19)20/h2-5,10,13H,6-9H2,1H3,(H,17,18). The first-order valence-electron chi connectivity index (χ1n) is 6.67. The minimum Gasteiger partial charge on any atom is -0.480 e. The van der Waals surface area contributed by atoms with Crippen LogP contribution in [0.25, 0.3) is 0 Å². The lowest BCUT2D eigenvalue weighted by Gasteiger charge is -2.35. The van der Waals surface area contributed by atoms with Crippen molar-refractivity contribution in [2.45, 2.75) is 32.4 Å². The van der Waals surface area contributed by atoms with Crippen molar-refractivity contribution in [3.05, 3.63) is 39.9 Å². The lowest BCUT2D eigenvalue weighted by Crippen LogP contribution is -2.46. The van der Waals surface area contributed by atoms with Gasteiger partial charge in [-0.15, -0.1) is 0 Å². The van der Waals surface area contributed by atoms with Crippen molar-refractivity contribution < 1.29 is 14.8 Å². The van der Waals surface area contributed by atoms with Gasteiger partial charge >= 0.3 is 5.97 Å². The van der Waals surface area contributed by atoms with Crippen LogP contribution in [0.1, 0.15) is 25.3 Å². The van der Waals surface area contributed by atoms with E-state index in [1.165, 1.54) is 12.1 Å². The molecule has 1 aliphatic heterocycles. The predicted molar refractivity (Wildman–Crippen MR) is 73.3 cm³/mol. The Hall–Kier alpha value is -1.95. The predicted octanol–water partition coefficient (Wildman–Crippen LogP) is 2.28. The van der Waals surface area contributed by atoms with Gasteiger partial charge in [-0.25, -0.2) is 0 Å². The van der Waals surface area contributed by atoms with Gasteiger partial charge in [0.25, 0.3) is 5.69 Å². The van der Waals surface area contributed by atoms with Gasteiger partial charge in [-0.3, -0.25) is 19.8 Å². The van der Waals surface area contributed by atoms with Gasteiger partial charge in [-0.2, -0.15) is 0 Å². The van der Waals surface area contributed by atoms with E-state index in [1.54, 1.807) is 12.1 Å². The third-order valence-electron chi connectivity index (χ3n) is 3.79.